The minimum atomic E-state index is -0.0474. The van der Waals surface area contributed by atoms with Crippen LogP contribution in [0.4, 0.5) is 5.95 Å². The van der Waals surface area contributed by atoms with Gasteiger partial charge in [-0.3, -0.25) is 9.36 Å². The summed E-state index contributed by atoms with van der Waals surface area (Å²) in [5.74, 6) is 2.37. The molecule has 4 rings (SSSR count). The smallest absolute Gasteiger partial charge is 0.262 e. The minimum absolute atomic E-state index is 0.0474. The first-order valence-electron chi connectivity index (χ1n) is 6.65. The first-order valence-corrected chi connectivity index (χ1v) is 7.82. The third-order valence-electron chi connectivity index (χ3n) is 4.34. The highest BCUT2D eigenvalue weighted by Gasteiger charge is 2.46. The number of hydrogen-bond acceptors (Lipinski definition) is 3. The lowest BCUT2D eigenvalue weighted by Gasteiger charge is -2.22. The fourth-order valence-corrected chi connectivity index (χ4v) is 4.03. The molecule has 2 fully saturated rings. The van der Waals surface area contributed by atoms with Crippen LogP contribution in [0.2, 0.25) is 5.02 Å². The third-order valence-corrected chi connectivity index (χ3v) is 5.16. The van der Waals surface area contributed by atoms with Crippen LogP contribution < -0.4 is 10.5 Å². The number of fused-ring (bicyclic) bond motifs is 2. The van der Waals surface area contributed by atoms with Crippen molar-refractivity contribution in [1.29, 1.82) is 0 Å². The van der Waals surface area contributed by atoms with Crippen molar-refractivity contribution < 1.29 is 0 Å². The van der Waals surface area contributed by atoms with Gasteiger partial charge in [-0.05, 0) is 46.3 Å². The molecule has 0 bridgehead atoms. The second-order valence-corrected chi connectivity index (χ2v) is 7.01. The lowest BCUT2D eigenvalue weighted by atomic mass is 10.2. The Morgan fingerprint density at radius 3 is 2.75 bits per heavy atom. The summed E-state index contributed by atoms with van der Waals surface area (Å²) in [7, 11) is 1.78. The molecule has 1 aliphatic carbocycles. The van der Waals surface area contributed by atoms with Gasteiger partial charge >= 0.3 is 0 Å². The maximum atomic E-state index is 12.5. The van der Waals surface area contributed by atoms with Gasteiger partial charge in [0.2, 0.25) is 5.95 Å². The molecular weight excluding hydrogens is 342 g/mol. The average Bonchev–Trinajstić information content (AvgIpc) is 3.01. The molecule has 1 aromatic carbocycles. The molecule has 4 nitrogen and oxygen atoms in total. The zero-order valence-electron chi connectivity index (χ0n) is 10.9. The normalized spacial score (nSPS) is 24.2. The molecule has 2 unspecified atom stereocenters. The van der Waals surface area contributed by atoms with Crippen LogP contribution in [0.5, 0.6) is 0 Å². The molecule has 2 aliphatic rings. The zero-order valence-corrected chi connectivity index (χ0v) is 13.3. The number of rotatable bonds is 1. The van der Waals surface area contributed by atoms with E-state index in [1.807, 2.05) is 0 Å². The average molecular weight is 355 g/mol. The Kier molecular flexibility index (Phi) is 2.67. The van der Waals surface area contributed by atoms with Gasteiger partial charge in [0, 0.05) is 29.6 Å². The molecule has 1 saturated heterocycles. The molecular formula is C14H13BrClN3O. The summed E-state index contributed by atoms with van der Waals surface area (Å²) < 4.78 is 2.40. The summed E-state index contributed by atoms with van der Waals surface area (Å²) in [5, 5.41) is 1.10. The second kappa shape index (κ2) is 4.21. The van der Waals surface area contributed by atoms with Gasteiger partial charge < -0.3 is 4.90 Å². The Balaban J connectivity index is 1.94. The van der Waals surface area contributed by atoms with E-state index in [4.69, 9.17) is 16.6 Å². The van der Waals surface area contributed by atoms with Crippen LogP contribution in [0.15, 0.2) is 21.4 Å². The van der Waals surface area contributed by atoms with Gasteiger partial charge in [-0.1, -0.05) is 11.6 Å². The SMILES string of the molecule is Cn1c(N2CC3CC3C2)nc2c(Br)cc(Cl)cc2c1=O. The number of hydrogen-bond donors (Lipinski definition) is 0. The Morgan fingerprint density at radius 1 is 1.35 bits per heavy atom. The fourth-order valence-electron chi connectivity index (χ4n) is 3.13. The van der Waals surface area contributed by atoms with Crippen LogP contribution >= 0.6 is 27.5 Å². The summed E-state index contributed by atoms with van der Waals surface area (Å²) in [6, 6.07) is 3.46. The Hall–Kier alpha value is -1.07. The van der Waals surface area contributed by atoms with E-state index in [-0.39, 0.29) is 5.56 Å². The highest BCUT2D eigenvalue weighted by Crippen LogP contribution is 2.45. The Bertz CT molecular complexity index is 778. The van der Waals surface area contributed by atoms with Crippen molar-refractivity contribution in [1.82, 2.24) is 9.55 Å². The second-order valence-electron chi connectivity index (χ2n) is 5.72. The Labute approximate surface area is 129 Å². The largest absolute Gasteiger partial charge is 0.342 e. The van der Waals surface area contributed by atoms with E-state index in [0.717, 1.165) is 35.3 Å². The van der Waals surface area contributed by atoms with Crippen LogP contribution in [0.1, 0.15) is 6.42 Å². The zero-order chi connectivity index (χ0) is 14.0. The number of anilines is 1. The van der Waals surface area contributed by atoms with Crippen molar-refractivity contribution in [2.45, 2.75) is 6.42 Å². The third kappa shape index (κ3) is 1.79. The first kappa shape index (κ1) is 12.7. The number of benzene rings is 1. The van der Waals surface area contributed by atoms with E-state index in [1.54, 1.807) is 23.7 Å². The first-order chi connectivity index (χ1) is 9.54. The number of halogens is 2. The molecule has 2 atom stereocenters. The Morgan fingerprint density at radius 2 is 2.05 bits per heavy atom. The predicted molar refractivity (Wildman–Crippen MR) is 83.5 cm³/mol. The van der Waals surface area contributed by atoms with Crippen molar-refractivity contribution in [3.05, 3.63) is 32.0 Å². The topological polar surface area (TPSA) is 38.1 Å². The fraction of sp³-hybridized carbons (Fsp3) is 0.429. The van der Waals surface area contributed by atoms with Gasteiger partial charge in [-0.15, -0.1) is 0 Å². The number of piperidine rings is 1. The van der Waals surface area contributed by atoms with Crippen LogP contribution in [0.3, 0.4) is 0 Å². The molecule has 20 heavy (non-hydrogen) atoms. The summed E-state index contributed by atoms with van der Waals surface area (Å²) in [6.07, 6.45) is 1.33. The lowest BCUT2D eigenvalue weighted by Crippen LogP contribution is -2.31. The summed E-state index contributed by atoms with van der Waals surface area (Å²) >= 11 is 9.48. The monoisotopic (exact) mass is 353 g/mol. The molecule has 2 aromatic rings. The van der Waals surface area contributed by atoms with Gasteiger partial charge in [0.05, 0.1) is 10.9 Å². The van der Waals surface area contributed by atoms with Gasteiger partial charge in [0.15, 0.2) is 0 Å². The highest BCUT2D eigenvalue weighted by atomic mass is 79.9. The van der Waals surface area contributed by atoms with Gasteiger partial charge in [0.1, 0.15) is 0 Å². The van der Waals surface area contributed by atoms with Crippen LogP contribution in [-0.4, -0.2) is 22.6 Å². The van der Waals surface area contributed by atoms with Crippen LogP contribution in [0, 0.1) is 11.8 Å². The van der Waals surface area contributed by atoms with E-state index in [0.29, 0.717) is 15.9 Å². The van der Waals surface area contributed by atoms with E-state index in [9.17, 15) is 4.79 Å². The van der Waals surface area contributed by atoms with E-state index in [1.165, 1.54) is 6.42 Å². The molecule has 1 saturated carbocycles. The summed E-state index contributed by atoms with van der Waals surface area (Å²) in [6.45, 7) is 2.03. The maximum absolute atomic E-state index is 12.5. The minimum Gasteiger partial charge on any atom is -0.342 e. The molecule has 2 heterocycles. The maximum Gasteiger partial charge on any atom is 0.262 e. The molecule has 0 N–H and O–H groups in total. The predicted octanol–water partition coefficient (Wildman–Crippen LogP) is 2.81. The number of nitrogens with zero attached hydrogens (tertiary/aromatic N) is 3. The van der Waals surface area contributed by atoms with Crippen molar-refractivity contribution in [3.8, 4) is 0 Å². The van der Waals surface area contributed by atoms with E-state index >= 15 is 0 Å². The van der Waals surface area contributed by atoms with Gasteiger partial charge in [0.25, 0.3) is 5.56 Å². The van der Waals surface area contributed by atoms with Gasteiger partial charge in [-0.2, -0.15) is 0 Å². The standard InChI is InChI=1S/C14H13BrClN3O/c1-18-13(20)10-3-9(16)4-11(15)12(10)17-14(18)19-5-7-2-8(7)6-19/h3-4,7-8H,2,5-6H2,1H3. The van der Waals surface area contributed by atoms with Crippen LogP contribution in [0.25, 0.3) is 10.9 Å². The summed E-state index contributed by atoms with van der Waals surface area (Å²) in [4.78, 5) is 19.4. The highest BCUT2D eigenvalue weighted by molar-refractivity contribution is 9.10. The van der Waals surface area contributed by atoms with E-state index < -0.39 is 0 Å². The summed E-state index contributed by atoms with van der Waals surface area (Å²) in [5.41, 5.74) is 0.641. The molecule has 0 spiro atoms. The molecule has 1 aliphatic heterocycles. The molecule has 0 amide bonds. The lowest BCUT2D eigenvalue weighted by molar-refractivity contribution is 0.730. The van der Waals surface area contributed by atoms with Crippen molar-refractivity contribution in [3.63, 3.8) is 0 Å². The van der Waals surface area contributed by atoms with Crippen molar-refractivity contribution in [2.75, 3.05) is 18.0 Å². The quantitative estimate of drug-likeness (QED) is 0.790. The van der Waals surface area contributed by atoms with Crippen LogP contribution in [-0.2, 0) is 7.05 Å². The van der Waals surface area contributed by atoms with Gasteiger partial charge in [-0.25, -0.2) is 4.98 Å². The van der Waals surface area contributed by atoms with E-state index in [2.05, 4.69) is 20.8 Å². The number of aromatic nitrogens is 2. The van der Waals surface area contributed by atoms with Crippen molar-refractivity contribution in [2.24, 2.45) is 18.9 Å². The molecule has 104 valence electrons. The van der Waals surface area contributed by atoms with Crippen molar-refractivity contribution >= 4 is 44.4 Å². The molecule has 1 aromatic heterocycles. The molecule has 0 radical (unpaired) electrons. The molecule has 6 heteroatoms.